The van der Waals surface area contributed by atoms with Gasteiger partial charge >= 0.3 is 0 Å². The predicted molar refractivity (Wildman–Crippen MR) is 127 cm³/mol. The van der Waals surface area contributed by atoms with Gasteiger partial charge in [-0.05, 0) is 49.9 Å². The number of hydrogen-bond acceptors (Lipinski definition) is 3. The lowest BCUT2D eigenvalue weighted by Gasteiger charge is -2.24. The van der Waals surface area contributed by atoms with Crippen molar-refractivity contribution in [3.63, 3.8) is 0 Å². The lowest BCUT2D eigenvalue weighted by Crippen LogP contribution is -2.34. The average Bonchev–Trinajstić information content (AvgIpc) is 3.53. The summed E-state index contributed by atoms with van der Waals surface area (Å²) in [5.74, 6) is 2.27. The van der Waals surface area contributed by atoms with Crippen LogP contribution in [0, 0.1) is 0 Å². The number of imidazole rings is 1. The molecule has 1 atom stereocenters. The highest BCUT2D eigenvalue weighted by Gasteiger charge is 2.38. The molecule has 1 aliphatic heterocycles. The second-order valence-electron chi connectivity index (χ2n) is 8.98. The van der Waals surface area contributed by atoms with E-state index in [9.17, 15) is 4.79 Å². The third-order valence-corrected chi connectivity index (χ3v) is 7.16. The van der Waals surface area contributed by atoms with E-state index < -0.39 is 0 Å². The molecule has 0 spiro atoms. The number of aromatic nitrogens is 2. The zero-order chi connectivity index (χ0) is 21.9. The van der Waals surface area contributed by atoms with Crippen LogP contribution in [0.2, 0.25) is 5.02 Å². The van der Waals surface area contributed by atoms with Crippen molar-refractivity contribution in [1.29, 1.82) is 0 Å². The van der Waals surface area contributed by atoms with Gasteiger partial charge in [-0.3, -0.25) is 4.79 Å². The number of benzene rings is 2. The highest BCUT2D eigenvalue weighted by Crippen LogP contribution is 2.35. The van der Waals surface area contributed by atoms with E-state index in [0.29, 0.717) is 30.0 Å². The molecule has 2 aromatic carbocycles. The summed E-state index contributed by atoms with van der Waals surface area (Å²) in [5, 5.41) is 0.646. The van der Waals surface area contributed by atoms with Crippen LogP contribution in [0.4, 0.5) is 0 Å². The molecule has 5 nitrogen and oxygen atoms in total. The largest absolute Gasteiger partial charge is 0.492 e. The minimum Gasteiger partial charge on any atom is -0.492 e. The van der Waals surface area contributed by atoms with Crippen molar-refractivity contribution in [1.82, 2.24) is 14.5 Å². The average molecular weight is 452 g/mol. The SMILES string of the molecule is O=C1CC(c2nc3ccccc3n2CCCCOc2ccccc2Cl)CN1C1CCCC1. The maximum atomic E-state index is 12.8. The summed E-state index contributed by atoms with van der Waals surface area (Å²) < 4.78 is 8.18. The molecular weight excluding hydrogens is 422 g/mol. The van der Waals surface area contributed by atoms with Gasteiger partial charge in [0.25, 0.3) is 0 Å². The Bertz CT molecular complexity index is 1090. The van der Waals surface area contributed by atoms with Crippen LogP contribution in [-0.4, -0.2) is 39.6 Å². The molecule has 1 saturated carbocycles. The van der Waals surface area contributed by atoms with Crippen molar-refractivity contribution in [3.05, 3.63) is 59.4 Å². The van der Waals surface area contributed by atoms with Gasteiger partial charge in [-0.25, -0.2) is 4.98 Å². The molecule has 1 aromatic heterocycles. The molecule has 1 saturated heterocycles. The quantitative estimate of drug-likeness (QED) is 0.406. The van der Waals surface area contributed by atoms with E-state index in [-0.39, 0.29) is 5.92 Å². The smallest absolute Gasteiger partial charge is 0.223 e. The number of halogens is 1. The Morgan fingerprint density at radius 3 is 2.66 bits per heavy atom. The van der Waals surface area contributed by atoms with Crippen molar-refractivity contribution in [2.24, 2.45) is 0 Å². The molecule has 0 bridgehead atoms. The number of carbonyl (C=O) groups is 1. The fourth-order valence-corrected chi connectivity index (χ4v) is 5.42. The summed E-state index contributed by atoms with van der Waals surface area (Å²) in [7, 11) is 0. The van der Waals surface area contributed by atoms with Crippen LogP contribution in [0.15, 0.2) is 48.5 Å². The zero-order valence-corrected chi connectivity index (χ0v) is 19.1. The number of aryl methyl sites for hydroxylation is 1. The van der Waals surface area contributed by atoms with Gasteiger partial charge in [0, 0.05) is 31.5 Å². The molecule has 1 aliphatic carbocycles. The number of amides is 1. The Balaban J connectivity index is 1.27. The van der Waals surface area contributed by atoms with E-state index in [1.807, 2.05) is 30.3 Å². The van der Waals surface area contributed by atoms with E-state index in [1.165, 1.54) is 12.8 Å². The van der Waals surface area contributed by atoms with Crippen molar-refractivity contribution < 1.29 is 9.53 Å². The first-order valence-electron chi connectivity index (χ1n) is 11.8. The number of rotatable bonds is 8. The maximum absolute atomic E-state index is 12.8. The van der Waals surface area contributed by atoms with E-state index in [4.69, 9.17) is 21.3 Å². The van der Waals surface area contributed by atoms with Crippen molar-refractivity contribution in [2.75, 3.05) is 13.2 Å². The number of hydrogen-bond donors (Lipinski definition) is 0. The summed E-state index contributed by atoms with van der Waals surface area (Å²) in [4.78, 5) is 19.9. The standard InChI is InChI=1S/C26H30ClN3O2/c27-21-11-3-6-14-24(21)32-16-8-7-15-29-23-13-5-4-12-22(23)28-26(29)19-17-25(31)30(18-19)20-9-1-2-10-20/h3-6,11-14,19-20H,1-2,7-10,15-18H2. The van der Waals surface area contributed by atoms with E-state index in [0.717, 1.165) is 61.4 Å². The molecule has 168 valence electrons. The van der Waals surface area contributed by atoms with Crippen molar-refractivity contribution in [3.8, 4) is 5.75 Å². The molecule has 3 aromatic rings. The Morgan fingerprint density at radius 1 is 1.03 bits per heavy atom. The molecule has 5 rings (SSSR count). The van der Waals surface area contributed by atoms with Gasteiger partial charge in [0.2, 0.25) is 5.91 Å². The summed E-state index contributed by atoms with van der Waals surface area (Å²) in [6.45, 7) is 2.31. The number of likely N-dealkylation sites (tertiary alicyclic amines) is 1. The first-order chi connectivity index (χ1) is 15.7. The summed E-state index contributed by atoms with van der Waals surface area (Å²) in [6, 6.07) is 16.3. The second-order valence-corrected chi connectivity index (χ2v) is 9.39. The fraction of sp³-hybridized carbons (Fsp3) is 0.462. The van der Waals surface area contributed by atoms with Crippen LogP contribution in [0.25, 0.3) is 11.0 Å². The highest BCUT2D eigenvalue weighted by molar-refractivity contribution is 6.32. The molecule has 2 fully saturated rings. The van der Waals surface area contributed by atoms with Crippen molar-refractivity contribution >= 4 is 28.5 Å². The highest BCUT2D eigenvalue weighted by atomic mass is 35.5. The molecule has 32 heavy (non-hydrogen) atoms. The lowest BCUT2D eigenvalue weighted by molar-refractivity contribution is -0.129. The molecule has 0 radical (unpaired) electrons. The van der Waals surface area contributed by atoms with E-state index >= 15 is 0 Å². The number of ether oxygens (including phenoxy) is 1. The van der Waals surface area contributed by atoms with Crippen LogP contribution in [0.1, 0.15) is 56.7 Å². The van der Waals surface area contributed by atoms with E-state index in [1.54, 1.807) is 0 Å². The van der Waals surface area contributed by atoms with Gasteiger partial charge < -0.3 is 14.2 Å². The topological polar surface area (TPSA) is 47.4 Å². The molecule has 2 heterocycles. The van der Waals surface area contributed by atoms with Gasteiger partial charge in [-0.2, -0.15) is 0 Å². The Labute approximate surface area is 194 Å². The molecule has 6 heteroatoms. The van der Waals surface area contributed by atoms with Crippen LogP contribution in [0.3, 0.4) is 0 Å². The zero-order valence-electron chi connectivity index (χ0n) is 18.4. The minimum atomic E-state index is 0.176. The van der Waals surface area contributed by atoms with Gasteiger partial charge in [0.15, 0.2) is 0 Å². The summed E-state index contributed by atoms with van der Waals surface area (Å²) in [6.07, 6.45) is 7.28. The van der Waals surface area contributed by atoms with Crippen LogP contribution >= 0.6 is 11.6 Å². The first kappa shape index (κ1) is 21.3. The number of carbonyl (C=O) groups excluding carboxylic acids is 1. The number of fused-ring (bicyclic) bond motifs is 1. The van der Waals surface area contributed by atoms with Crippen LogP contribution in [-0.2, 0) is 11.3 Å². The third kappa shape index (κ3) is 4.36. The van der Waals surface area contributed by atoms with Crippen LogP contribution < -0.4 is 4.74 Å². The third-order valence-electron chi connectivity index (χ3n) is 6.84. The van der Waals surface area contributed by atoms with Gasteiger partial charge in [0.1, 0.15) is 11.6 Å². The monoisotopic (exact) mass is 451 g/mol. The lowest BCUT2D eigenvalue weighted by atomic mass is 10.1. The Kier molecular flexibility index (Phi) is 6.35. The Hall–Kier alpha value is -2.53. The number of unbranched alkanes of at least 4 members (excludes halogenated alkanes) is 1. The van der Waals surface area contributed by atoms with Gasteiger partial charge in [-0.15, -0.1) is 0 Å². The van der Waals surface area contributed by atoms with Gasteiger partial charge in [0.05, 0.1) is 22.7 Å². The van der Waals surface area contributed by atoms with Crippen LogP contribution in [0.5, 0.6) is 5.75 Å². The van der Waals surface area contributed by atoms with Crippen molar-refractivity contribution in [2.45, 2.75) is 63.5 Å². The predicted octanol–water partition coefficient (Wildman–Crippen LogP) is 5.81. The summed E-state index contributed by atoms with van der Waals surface area (Å²) >= 11 is 6.18. The molecule has 2 aliphatic rings. The minimum absolute atomic E-state index is 0.176. The van der Waals surface area contributed by atoms with E-state index in [2.05, 4.69) is 27.7 Å². The Morgan fingerprint density at radius 2 is 1.81 bits per heavy atom. The molecular formula is C26H30ClN3O2. The molecule has 0 N–H and O–H groups in total. The second kappa shape index (κ2) is 9.53. The molecule has 1 unspecified atom stereocenters. The fourth-order valence-electron chi connectivity index (χ4n) is 5.23. The van der Waals surface area contributed by atoms with Gasteiger partial charge in [-0.1, -0.05) is 48.7 Å². The summed E-state index contributed by atoms with van der Waals surface area (Å²) in [5.41, 5.74) is 2.17. The maximum Gasteiger partial charge on any atom is 0.223 e. The first-order valence-corrected chi connectivity index (χ1v) is 12.2. The normalized spacial score (nSPS) is 19.3. The number of para-hydroxylation sites is 3. The number of nitrogens with zero attached hydrogens (tertiary/aromatic N) is 3. The molecule has 1 amide bonds.